The molecule has 6 heteroatoms. The summed E-state index contributed by atoms with van der Waals surface area (Å²) < 4.78 is 1.61. The van der Waals surface area contributed by atoms with Gasteiger partial charge in [-0.2, -0.15) is 10.4 Å². The van der Waals surface area contributed by atoms with Gasteiger partial charge in [0.15, 0.2) is 0 Å². The molecule has 1 heterocycles. The maximum absolute atomic E-state index is 12.2. The molecule has 0 unspecified atom stereocenters. The average molecular weight is 289 g/mol. The SMILES string of the molecule is N#Cc1ccc(NC(=O)c2ccc(-n3cncn3)cc2)cc1. The number of hydrogen-bond donors (Lipinski definition) is 1. The number of benzene rings is 2. The number of rotatable bonds is 3. The first-order valence-corrected chi connectivity index (χ1v) is 6.53. The van der Waals surface area contributed by atoms with Crippen LogP contribution in [0, 0.1) is 11.3 Å². The van der Waals surface area contributed by atoms with Crippen LogP contribution in [0.1, 0.15) is 15.9 Å². The van der Waals surface area contributed by atoms with Crippen LogP contribution in [-0.2, 0) is 0 Å². The van der Waals surface area contributed by atoms with Crippen LogP contribution in [0.15, 0.2) is 61.2 Å². The van der Waals surface area contributed by atoms with Crippen LogP contribution in [0.2, 0.25) is 0 Å². The lowest BCUT2D eigenvalue weighted by Gasteiger charge is -2.06. The summed E-state index contributed by atoms with van der Waals surface area (Å²) >= 11 is 0. The average Bonchev–Trinajstić information content (AvgIpc) is 3.10. The smallest absolute Gasteiger partial charge is 0.255 e. The molecule has 0 aliphatic carbocycles. The number of nitrogens with zero attached hydrogens (tertiary/aromatic N) is 4. The normalized spacial score (nSPS) is 9.95. The standard InChI is InChI=1S/C16H11N5O/c17-9-12-1-5-14(6-2-12)20-16(22)13-3-7-15(8-4-13)21-11-18-10-19-21/h1-8,10-11H,(H,20,22). The number of aromatic nitrogens is 3. The molecule has 106 valence electrons. The first-order chi connectivity index (χ1) is 10.8. The number of carbonyl (C=O) groups is 1. The maximum Gasteiger partial charge on any atom is 0.255 e. The lowest BCUT2D eigenvalue weighted by Crippen LogP contribution is -2.11. The van der Waals surface area contributed by atoms with Crippen molar-refractivity contribution in [1.82, 2.24) is 14.8 Å². The molecule has 6 nitrogen and oxygen atoms in total. The van der Waals surface area contributed by atoms with E-state index in [1.165, 1.54) is 6.33 Å². The Hall–Kier alpha value is -3.46. The third-order valence-corrected chi connectivity index (χ3v) is 3.08. The van der Waals surface area contributed by atoms with Gasteiger partial charge in [-0.1, -0.05) is 0 Å². The summed E-state index contributed by atoms with van der Waals surface area (Å²) in [7, 11) is 0. The molecule has 3 aromatic rings. The quantitative estimate of drug-likeness (QED) is 0.802. The summed E-state index contributed by atoms with van der Waals surface area (Å²) in [6.45, 7) is 0. The van der Waals surface area contributed by atoms with Crippen LogP contribution >= 0.6 is 0 Å². The number of carbonyl (C=O) groups excluding carboxylic acids is 1. The van der Waals surface area contributed by atoms with Gasteiger partial charge in [-0.15, -0.1) is 0 Å². The van der Waals surface area contributed by atoms with Gasteiger partial charge in [-0.05, 0) is 48.5 Å². The maximum atomic E-state index is 12.2. The summed E-state index contributed by atoms with van der Waals surface area (Å²) in [6, 6.07) is 15.8. The predicted octanol–water partition coefficient (Wildman–Crippen LogP) is 2.39. The zero-order valence-corrected chi connectivity index (χ0v) is 11.5. The topological polar surface area (TPSA) is 83.6 Å². The fourth-order valence-electron chi connectivity index (χ4n) is 1.94. The van der Waals surface area contributed by atoms with Crippen molar-refractivity contribution in [3.63, 3.8) is 0 Å². The molecular weight excluding hydrogens is 278 g/mol. The Kier molecular flexibility index (Phi) is 3.62. The van der Waals surface area contributed by atoms with Crippen molar-refractivity contribution in [1.29, 1.82) is 5.26 Å². The Balaban J connectivity index is 1.73. The van der Waals surface area contributed by atoms with Gasteiger partial charge in [0.2, 0.25) is 0 Å². The van der Waals surface area contributed by atoms with Gasteiger partial charge in [-0.25, -0.2) is 9.67 Å². The van der Waals surface area contributed by atoms with Crippen molar-refractivity contribution in [2.45, 2.75) is 0 Å². The van der Waals surface area contributed by atoms with Crippen molar-refractivity contribution < 1.29 is 4.79 Å². The Bertz CT molecular complexity index is 814. The molecule has 0 saturated carbocycles. The minimum Gasteiger partial charge on any atom is -0.322 e. The highest BCUT2D eigenvalue weighted by atomic mass is 16.1. The first-order valence-electron chi connectivity index (χ1n) is 6.53. The molecule has 0 spiro atoms. The third-order valence-electron chi connectivity index (χ3n) is 3.08. The van der Waals surface area contributed by atoms with Gasteiger partial charge in [0.05, 0.1) is 17.3 Å². The molecule has 0 bridgehead atoms. The monoisotopic (exact) mass is 289 g/mol. The molecule has 0 fully saturated rings. The summed E-state index contributed by atoms with van der Waals surface area (Å²) in [4.78, 5) is 16.0. The van der Waals surface area contributed by atoms with Crippen LogP contribution in [0.25, 0.3) is 5.69 Å². The number of anilines is 1. The number of nitriles is 1. The van der Waals surface area contributed by atoms with Crippen molar-refractivity contribution in [2.75, 3.05) is 5.32 Å². The predicted molar refractivity (Wildman–Crippen MR) is 80.5 cm³/mol. The zero-order chi connectivity index (χ0) is 15.4. The summed E-state index contributed by atoms with van der Waals surface area (Å²) in [6.07, 6.45) is 3.04. The molecule has 0 saturated heterocycles. The molecule has 1 aromatic heterocycles. The molecule has 0 aliphatic rings. The van der Waals surface area contributed by atoms with Gasteiger partial charge < -0.3 is 5.32 Å². The number of hydrogen-bond acceptors (Lipinski definition) is 4. The molecule has 3 rings (SSSR count). The second-order valence-electron chi connectivity index (χ2n) is 4.53. The van der Waals surface area contributed by atoms with Crippen LogP contribution in [0.4, 0.5) is 5.69 Å². The van der Waals surface area contributed by atoms with Crippen molar-refractivity contribution >= 4 is 11.6 Å². The summed E-state index contributed by atoms with van der Waals surface area (Å²) in [5.74, 6) is -0.213. The molecular formula is C16H11N5O. The number of nitrogens with one attached hydrogen (secondary N) is 1. The minimum atomic E-state index is -0.213. The van der Waals surface area contributed by atoms with E-state index in [0.717, 1.165) is 5.69 Å². The van der Waals surface area contributed by atoms with Gasteiger partial charge in [0, 0.05) is 11.3 Å². The highest BCUT2D eigenvalue weighted by Gasteiger charge is 2.06. The Morgan fingerprint density at radius 2 is 1.82 bits per heavy atom. The molecule has 22 heavy (non-hydrogen) atoms. The Morgan fingerprint density at radius 3 is 2.41 bits per heavy atom. The third kappa shape index (κ3) is 2.83. The van der Waals surface area contributed by atoms with E-state index < -0.39 is 0 Å². The fourth-order valence-corrected chi connectivity index (χ4v) is 1.94. The highest BCUT2D eigenvalue weighted by molar-refractivity contribution is 6.04. The first kappa shape index (κ1) is 13.5. The van der Waals surface area contributed by atoms with E-state index in [-0.39, 0.29) is 5.91 Å². The molecule has 1 amide bonds. The summed E-state index contributed by atoms with van der Waals surface area (Å²) in [5, 5.41) is 15.5. The van der Waals surface area contributed by atoms with E-state index in [2.05, 4.69) is 15.4 Å². The second kappa shape index (κ2) is 5.89. The summed E-state index contributed by atoms with van der Waals surface area (Å²) in [5.41, 5.74) is 2.56. The van der Waals surface area contributed by atoms with E-state index in [9.17, 15) is 4.79 Å². The van der Waals surface area contributed by atoms with Crippen LogP contribution in [0.5, 0.6) is 0 Å². The minimum absolute atomic E-state index is 0.213. The highest BCUT2D eigenvalue weighted by Crippen LogP contribution is 2.12. The van der Waals surface area contributed by atoms with Crippen LogP contribution < -0.4 is 5.32 Å². The fraction of sp³-hybridized carbons (Fsp3) is 0. The van der Waals surface area contributed by atoms with E-state index in [4.69, 9.17) is 5.26 Å². The second-order valence-corrected chi connectivity index (χ2v) is 4.53. The molecule has 0 radical (unpaired) electrons. The van der Waals surface area contributed by atoms with Gasteiger partial charge in [-0.3, -0.25) is 4.79 Å². The van der Waals surface area contributed by atoms with Gasteiger partial charge in [0.25, 0.3) is 5.91 Å². The molecule has 0 atom stereocenters. The van der Waals surface area contributed by atoms with E-state index in [0.29, 0.717) is 16.8 Å². The van der Waals surface area contributed by atoms with Crippen molar-refractivity contribution in [3.05, 3.63) is 72.3 Å². The van der Waals surface area contributed by atoms with Gasteiger partial charge >= 0.3 is 0 Å². The van der Waals surface area contributed by atoms with E-state index in [1.807, 2.05) is 6.07 Å². The Morgan fingerprint density at radius 1 is 1.09 bits per heavy atom. The van der Waals surface area contributed by atoms with Crippen molar-refractivity contribution in [2.24, 2.45) is 0 Å². The Labute approximate surface area is 126 Å². The lowest BCUT2D eigenvalue weighted by atomic mass is 10.1. The van der Waals surface area contributed by atoms with Gasteiger partial charge in [0.1, 0.15) is 12.7 Å². The molecule has 1 N–H and O–H groups in total. The van der Waals surface area contributed by atoms with E-state index >= 15 is 0 Å². The zero-order valence-electron chi connectivity index (χ0n) is 11.5. The number of amides is 1. The largest absolute Gasteiger partial charge is 0.322 e. The van der Waals surface area contributed by atoms with Crippen LogP contribution in [0.3, 0.4) is 0 Å². The van der Waals surface area contributed by atoms with Crippen LogP contribution in [-0.4, -0.2) is 20.7 Å². The lowest BCUT2D eigenvalue weighted by molar-refractivity contribution is 0.102. The van der Waals surface area contributed by atoms with Crippen molar-refractivity contribution in [3.8, 4) is 11.8 Å². The molecule has 0 aliphatic heterocycles. The molecule has 2 aromatic carbocycles. The van der Waals surface area contributed by atoms with E-state index in [1.54, 1.807) is 59.5 Å².